The van der Waals surface area contributed by atoms with Crippen molar-refractivity contribution in [1.82, 2.24) is 15.5 Å². The molecule has 2 N–H and O–H groups in total. The number of nitrogens with one attached hydrogen (secondary N) is 2. The SMILES string of the molecule is CCCNC1CCN(CCCC(=O)NC2CC2)C1=O. The van der Waals surface area contributed by atoms with Crippen LogP contribution in [0.25, 0.3) is 0 Å². The van der Waals surface area contributed by atoms with E-state index in [0.29, 0.717) is 19.0 Å². The van der Waals surface area contributed by atoms with Gasteiger partial charge in [-0.3, -0.25) is 9.59 Å². The molecule has 0 aromatic carbocycles. The average molecular weight is 267 g/mol. The van der Waals surface area contributed by atoms with E-state index in [4.69, 9.17) is 0 Å². The van der Waals surface area contributed by atoms with Gasteiger partial charge in [-0.2, -0.15) is 0 Å². The minimum Gasteiger partial charge on any atom is -0.353 e. The van der Waals surface area contributed by atoms with Gasteiger partial charge in [0.15, 0.2) is 0 Å². The highest BCUT2D eigenvalue weighted by Gasteiger charge is 2.30. The van der Waals surface area contributed by atoms with Gasteiger partial charge < -0.3 is 15.5 Å². The van der Waals surface area contributed by atoms with Crippen LogP contribution in [0, 0.1) is 0 Å². The van der Waals surface area contributed by atoms with E-state index in [0.717, 1.165) is 45.2 Å². The first-order valence-corrected chi connectivity index (χ1v) is 7.52. The zero-order valence-electron chi connectivity index (χ0n) is 11.8. The fraction of sp³-hybridized carbons (Fsp3) is 0.857. The van der Waals surface area contributed by atoms with Crippen LogP contribution in [0.4, 0.5) is 0 Å². The molecule has 1 heterocycles. The van der Waals surface area contributed by atoms with Gasteiger partial charge in [0.25, 0.3) is 0 Å². The van der Waals surface area contributed by atoms with Gasteiger partial charge in [0, 0.05) is 25.6 Å². The van der Waals surface area contributed by atoms with E-state index in [1.54, 1.807) is 0 Å². The molecule has 0 radical (unpaired) electrons. The molecule has 0 aromatic rings. The molecular formula is C14H25N3O2. The lowest BCUT2D eigenvalue weighted by atomic mass is 10.2. The molecule has 1 aliphatic carbocycles. The summed E-state index contributed by atoms with van der Waals surface area (Å²) in [6, 6.07) is 0.434. The molecule has 0 aromatic heterocycles. The number of hydrogen-bond acceptors (Lipinski definition) is 3. The second-order valence-corrected chi connectivity index (χ2v) is 5.57. The van der Waals surface area contributed by atoms with Gasteiger partial charge in [-0.05, 0) is 38.6 Å². The Hall–Kier alpha value is -1.10. The topological polar surface area (TPSA) is 61.4 Å². The Bertz CT molecular complexity index is 329. The van der Waals surface area contributed by atoms with Crippen molar-refractivity contribution in [1.29, 1.82) is 0 Å². The monoisotopic (exact) mass is 267 g/mol. The molecule has 1 saturated carbocycles. The summed E-state index contributed by atoms with van der Waals surface area (Å²) in [6.07, 6.45) is 5.50. The molecule has 19 heavy (non-hydrogen) atoms. The number of rotatable bonds is 8. The molecule has 2 fully saturated rings. The Kier molecular flexibility index (Phi) is 5.19. The average Bonchev–Trinajstić information content (AvgIpc) is 3.13. The number of hydrogen-bond donors (Lipinski definition) is 2. The maximum atomic E-state index is 12.0. The van der Waals surface area contributed by atoms with Gasteiger partial charge in [-0.15, -0.1) is 0 Å². The summed E-state index contributed by atoms with van der Waals surface area (Å²) in [4.78, 5) is 25.5. The minimum absolute atomic E-state index is 0.000223. The Balaban J connectivity index is 1.60. The lowest BCUT2D eigenvalue weighted by Crippen LogP contribution is -2.39. The zero-order chi connectivity index (χ0) is 13.7. The molecule has 5 nitrogen and oxygen atoms in total. The largest absolute Gasteiger partial charge is 0.353 e. The Morgan fingerprint density at radius 3 is 2.84 bits per heavy atom. The fourth-order valence-corrected chi connectivity index (χ4v) is 2.43. The quantitative estimate of drug-likeness (QED) is 0.678. The zero-order valence-corrected chi connectivity index (χ0v) is 11.8. The summed E-state index contributed by atoms with van der Waals surface area (Å²) < 4.78 is 0. The third kappa shape index (κ3) is 4.49. The van der Waals surface area contributed by atoms with Crippen LogP contribution < -0.4 is 10.6 Å². The first kappa shape index (κ1) is 14.3. The Morgan fingerprint density at radius 2 is 2.16 bits per heavy atom. The number of amides is 2. The maximum Gasteiger partial charge on any atom is 0.239 e. The lowest BCUT2D eigenvalue weighted by molar-refractivity contribution is -0.130. The van der Waals surface area contributed by atoms with E-state index in [1.807, 2.05) is 4.90 Å². The van der Waals surface area contributed by atoms with E-state index in [-0.39, 0.29) is 17.9 Å². The summed E-state index contributed by atoms with van der Waals surface area (Å²) in [5.74, 6) is 0.339. The van der Waals surface area contributed by atoms with Crippen molar-refractivity contribution in [3.05, 3.63) is 0 Å². The minimum atomic E-state index is 0.000223. The first-order valence-electron chi connectivity index (χ1n) is 7.52. The van der Waals surface area contributed by atoms with Crippen LogP contribution in [0.15, 0.2) is 0 Å². The lowest BCUT2D eigenvalue weighted by Gasteiger charge is -2.16. The third-order valence-corrected chi connectivity index (χ3v) is 3.71. The van der Waals surface area contributed by atoms with Gasteiger partial charge in [0.2, 0.25) is 11.8 Å². The van der Waals surface area contributed by atoms with Crippen LogP contribution in [0.1, 0.15) is 45.4 Å². The van der Waals surface area contributed by atoms with Crippen LogP contribution in [0.2, 0.25) is 0 Å². The molecule has 1 saturated heterocycles. The molecule has 108 valence electrons. The van der Waals surface area contributed by atoms with E-state index in [1.165, 1.54) is 0 Å². The van der Waals surface area contributed by atoms with Crippen LogP contribution in [0.3, 0.4) is 0 Å². The van der Waals surface area contributed by atoms with Gasteiger partial charge in [0.05, 0.1) is 6.04 Å². The number of carbonyl (C=O) groups excluding carboxylic acids is 2. The maximum absolute atomic E-state index is 12.0. The van der Waals surface area contributed by atoms with Crippen LogP contribution in [-0.4, -0.2) is 48.4 Å². The van der Waals surface area contributed by atoms with Crippen molar-refractivity contribution in [2.24, 2.45) is 0 Å². The van der Waals surface area contributed by atoms with E-state index in [2.05, 4.69) is 17.6 Å². The molecule has 0 spiro atoms. The first-order chi connectivity index (χ1) is 9.20. The Labute approximate surface area is 115 Å². The fourth-order valence-electron chi connectivity index (χ4n) is 2.43. The second kappa shape index (κ2) is 6.89. The standard InChI is InChI=1S/C14H25N3O2/c1-2-8-15-12-7-10-17(14(12)19)9-3-4-13(18)16-11-5-6-11/h11-12,15H,2-10H2,1H3,(H,16,18). The molecule has 5 heteroatoms. The molecule has 2 rings (SSSR count). The number of nitrogens with zero attached hydrogens (tertiary/aromatic N) is 1. The van der Waals surface area contributed by atoms with Gasteiger partial charge >= 0.3 is 0 Å². The van der Waals surface area contributed by atoms with E-state index >= 15 is 0 Å². The van der Waals surface area contributed by atoms with Crippen LogP contribution in [-0.2, 0) is 9.59 Å². The van der Waals surface area contributed by atoms with Crippen molar-refractivity contribution < 1.29 is 9.59 Å². The highest BCUT2D eigenvalue weighted by atomic mass is 16.2. The summed E-state index contributed by atoms with van der Waals surface area (Å²) in [6.45, 7) is 4.53. The van der Waals surface area contributed by atoms with Gasteiger partial charge in [-0.25, -0.2) is 0 Å². The number of carbonyl (C=O) groups is 2. The van der Waals surface area contributed by atoms with Crippen molar-refractivity contribution in [3.63, 3.8) is 0 Å². The second-order valence-electron chi connectivity index (χ2n) is 5.57. The summed E-state index contributed by atoms with van der Waals surface area (Å²) in [5, 5.41) is 6.25. The molecule has 1 atom stereocenters. The van der Waals surface area contributed by atoms with Gasteiger partial charge in [-0.1, -0.05) is 6.92 Å². The molecule has 0 bridgehead atoms. The predicted molar refractivity (Wildman–Crippen MR) is 73.7 cm³/mol. The summed E-state index contributed by atoms with van der Waals surface area (Å²) in [7, 11) is 0. The Morgan fingerprint density at radius 1 is 1.37 bits per heavy atom. The molecule has 1 aliphatic heterocycles. The molecular weight excluding hydrogens is 242 g/mol. The van der Waals surface area contributed by atoms with Crippen molar-refractivity contribution in [2.45, 2.75) is 57.5 Å². The normalized spacial score (nSPS) is 22.9. The van der Waals surface area contributed by atoms with Crippen molar-refractivity contribution in [3.8, 4) is 0 Å². The van der Waals surface area contributed by atoms with E-state index in [9.17, 15) is 9.59 Å². The van der Waals surface area contributed by atoms with Gasteiger partial charge in [0.1, 0.15) is 0 Å². The van der Waals surface area contributed by atoms with Crippen LogP contribution in [0.5, 0.6) is 0 Å². The van der Waals surface area contributed by atoms with Crippen LogP contribution >= 0.6 is 0 Å². The molecule has 2 amide bonds. The third-order valence-electron chi connectivity index (χ3n) is 3.71. The highest BCUT2D eigenvalue weighted by molar-refractivity contribution is 5.84. The van der Waals surface area contributed by atoms with Crippen molar-refractivity contribution >= 4 is 11.8 Å². The summed E-state index contributed by atoms with van der Waals surface area (Å²) >= 11 is 0. The van der Waals surface area contributed by atoms with E-state index < -0.39 is 0 Å². The molecule has 2 aliphatic rings. The predicted octanol–water partition coefficient (Wildman–Crippen LogP) is 0.646. The number of likely N-dealkylation sites (tertiary alicyclic amines) is 1. The summed E-state index contributed by atoms with van der Waals surface area (Å²) in [5.41, 5.74) is 0. The van der Waals surface area contributed by atoms with Crippen molar-refractivity contribution in [2.75, 3.05) is 19.6 Å². The highest BCUT2D eigenvalue weighted by Crippen LogP contribution is 2.19. The molecule has 1 unspecified atom stereocenters. The smallest absolute Gasteiger partial charge is 0.239 e.